The Labute approximate surface area is 127 Å². The van der Waals surface area contributed by atoms with Gasteiger partial charge in [0.1, 0.15) is 5.54 Å². The zero-order valence-corrected chi connectivity index (χ0v) is 13.1. The molecule has 1 saturated carbocycles. The number of urea groups is 1. The van der Waals surface area contributed by atoms with Crippen LogP contribution in [0.25, 0.3) is 0 Å². The highest BCUT2D eigenvalue weighted by Gasteiger charge is 2.49. The molecule has 1 saturated heterocycles. The molecule has 0 radical (unpaired) electrons. The van der Waals surface area contributed by atoms with Crippen molar-refractivity contribution in [1.29, 1.82) is 0 Å². The van der Waals surface area contributed by atoms with Crippen LogP contribution in [0.15, 0.2) is 0 Å². The van der Waals surface area contributed by atoms with Crippen LogP contribution in [0.5, 0.6) is 0 Å². The van der Waals surface area contributed by atoms with Crippen molar-refractivity contribution in [3.63, 3.8) is 0 Å². The zero-order valence-electron chi connectivity index (χ0n) is 13.1. The molecule has 21 heavy (non-hydrogen) atoms. The fourth-order valence-corrected chi connectivity index (χ4v) is 3.96. The van der Waals surface area contributed by atoms with Gasteiger partial charge in [-0.15, -0.1) is 0 Å². The molecule has 120 valence electrons. The molecule has 2 rings (SSSR count). The predicted octanol–water partition coefficient (Wildman–Crippen LogP) is 3.00. The average Bonchev–Trinajstić information content (AvgIpc) is 3.08. The molecule has 0 bridgehead atoms. The summed E-state index contributed by atoms with van der Waals surface area (Å²) in [4.78, 5) is 25.6. The number of nitrogens with one attached hydrogen (secondary N) is 1. The second-order valence-electron chi connectivity index (χ2n) is 6.51. The number of likely N-dealkylation sites (tertiary alicyclic amines) is 1. The molecule has 0 aromatic rings. The van der Waals surface area contributed by atoms with Crippen LogP contribution in [0.2, 0.25) is 0 Å². The topological polar surface area (TPSA) is 69.6 Å². The van der Waals surface area contributed by atoms with Gasteiger partial charge in [-0.1, -0.05) is 39.0 Å². The first-order valence-electron chi connectivity index (χ1n) is 8.39. The van der Waals surface area contributed by atoms with Gasteiger partial charge >= 0.3 is 12.0 Å². The van der Waals surface area contributed by atoms with E-state index in [9.17, 15) is 14.7 Å². The van der Waals surface area contributed by atoms with Crippen molar-refractivity contribution in [1.82, 2.24) is 10.2 Å². The van der Waals surface area contributed by atoms with Crippen molar-refractivity contribution in [3.8, 4) is 0 Å². The second kappa shape index (κ2) is 7.14. The molecular formula is C16H28N2O3. The van der Waals surface area contributed by atoms with Gasteiger partial charge in [0.15, 0.2) is 0 Å². The van der Waals surface area contributed by atoms with Gasteiger partial charge in [0, 0.05) is 13.1 Å². The molecule has 2 aliphatic rings. The quantitative estimate of drug-likeness (QED) is 0.791. The number of nitrogens with zero attached hydrogens (tertiary/aromatic N) is 1. The molecule has 0 spiro atoms. The normalized spacial score (nSPS) is 26.2. The molecule has 2 fully saturated rings. The summed E-state index contributed by atoms with van der Waals surface area (Å²) in [5.74, 6) is -0.114. The van der Waals surface area contributed by atoms with E-state index < -0.39 is 11.5 Å². The highest BCUT2D eigenvalue weighted by Crippen LogP contribution is 2.34. The van der Waals surface area contributed by atoms with Gasteiger partial charge in [0.25, 0.3) is 0 Å². The van der Waals surface area contributed by atoms with E-state index >= 15 is 0 Å². The Morgan fingerprint density at radius 1 is 1.29 bits per heavy atom. The summed E-state index contributed by atoms with van der Waals surface area (Å²) in [7, 11) is 0. The van der Waals surface area contributed by atoms with E-state index in [0.717, 1.165) is 25.2 Å². The minimum Gasteiger partial charge on any atom is -0.479 e. The van der Waals surface area contributed by atoms with Gasteiger partial charge in [-0.2, -0.15) is 0 Å². The third-order valence-electron chi connectivity index (χ3n) is 5.10. The Bertz CT molecular complexity index is 380. The fourth-order valence-electron chi connectivity index (χ4n) is 3.96. The van der Waals surface area contributed by atoms with Crippen LogP contribution >= 0.6 is 0 Å². The monoisotopic (exact) mass is 296 g/mol. The molecule has 1 atom stereocenters. The van der Waals surface area contributed by atoms with E-state index in [-0.39, 0.29) is 6.03 Å². The van der Waals surface area contributed by atoms with Gasteiger partial charge in [-0.05, 0) is 31.6 Å². The minimum atomic E-state index is -0.980. The van der Waals surface area contributed by atoms with Crippen LogP contribution in [-0.2, 0) is 4.79 Å². The summed E-state index contributed by atoms with van der Waals surface area (Å²) in [5.41, 5.74) is -0.980. The fraction of sp³-hybridized carbons (Fsp3) is 0.875. The van der Waals surface area contributed by atoms with E-state index in [2.05, 4.69) is 5.32 Å². The van der Waals surface area contributed by atoms with E-state index in [4.69, 9.17) is 0 Å². The highest BCUT2D eigenvalue weighted by molar-refractivity contribution is 5.87. The molecule has 5 heteroatoms. The largest absolute Gasteiger partial charge is 0.479 e. The van der Waals surface area contributed by atoms with Gasteiger partial charge in [0.05, 0.1) is 0 Å². The van der Waals surface area contributed by atoms with Crippen molar-refractivity contribution in [2.45, 2.75) is 70.3 Å². The Morgan fingerprint density at radius 3 is 2.62 bits per heavy atom. The number of carbonyl (C=O) groups excluding carboxylic acids is 1. The Hall–Kier alpha value is -1.26. The number of carboxylic acids is 1. The minimum absolute atomic E-state index is 0.193. The molecule has 2 N–H and O–H groups in total. The van der Waals surface area contributed by atoms with E-state index in [1.54, 1.807) is 4.90 Å². The summed E-state index contributed by atoms with van der Waals surface area (Å²) in [5, 5.41) is 12.5. The predicted molar refractivity (Wildman–Crippen MR) is 81.2 cm³/mol. The van der Waals surface area contributed by atoms with Gasteiger partial charge in [-0.25, -0.2) is 9.59 Å². The van der Waals surface area contributed by atoms with Crippen molar-refractivity contribution in [3.05, 3.63) is 0 Å². The van der Waals surface area contributed by atoms with Crippen molar-refractivity contribution in [2.24, 2.45) is 5.92 Å². The highest BCUT2D eigenvalue weighted by atomic mass is 16.4. The maximum Gasteiger partial charge on any atom is 0.329 e. The van der Waals surface area contributed by atoms with Gasteiger partial charge < -0.3 is 15.3 Å². The first-order chi connectivity index (χ1) is 10.1. The lowest BCUT2D eigenvalue weighted by Gasteiger charge is -2.34. The van der Waals surface area contributed by atoms with Crippen LogP contribution in [0.3, 0.4) is 0 Å². The van der Waals surface area contributed by atoms with E-state index in [0.29, 0.717) is 25.9 Å². The molecule has 5 nitrogen and oxygen atoms in total. The second-order valence-corrected chi connectivity index (χ2v) is 6.51. The number of aliphatic carboxylic acids is 1. The number of amides is 2. The lowest BCUT2D eigenvalue weighted by Crippen LogP contribution is -2.56. The van der Waals surface area contributed by atoms with Crippen LogP contribution in [-0.4, -0.2) is 40.6 Å². The zero-order chi connectivity index (χ0) is 15.3. The van der Waals surface area contributed by atoms with Crippen molar-refractivity contribution < 1.29 is 14.7 Å². The number of carbonyl (C=O) groups is 2. The standard InChI is InChI=1S/C16H28N2O3/c1-2-9-16(14(19)20)10-5-12-18(16)15(21)17-11-8-13-6-3-4-7-13/h13H,2-12H2,1H3,(H,17,21)(H,19,20). The van der Waals surface area contributed by atoms with Crippen molar-refractivity contribution in [2.75, 3.05) is 13.1 Å². The van der Waals surface area contributed by atoms with Gasteiger partial charge in [0.2, 0.25) is 0 Å². The number of hydrogen-bond donors (Lipinski definition) is 2. The van der Waals surface area contributed by atoms with Crippen molar-refractivity contribution >= 4 is 12.0 Å². The third-order valence-corrected chi connectivity index (χ3v) is 5.10. The molecular weight excluding hydrogens is 268 g/mol. The maximum absolute atomic E-state index is 12.4. The van der Waals surface area contributed by atoms with E-state index in [1.165, 1.54) is 25.7 Å². The smallest absolute Gasteiger partial charge is 0.329 e. The number of hydrogen-bond acceptors (Lipinski definition) is 2. The summed E-state index contributed by atoms with van der Waals surface area (Å²) < 4.78 is 0. The Kier molecular flexibility index (Phi) is 5.48. The van der Waals surface area contributed by atoms with Crippen LogP contribution in [0.4, 0.5) is 4.79 Å². The molecule has 1 unspecified atom stereocenters. The molecule has 0 aromatic carbocycles. The summed E-state index contributed by atoms with van der Waals surface area (Å²) in [6.45, 7) is 3.20. The lowest BCUT2D eigenvalue weighted by atomic mass is 9.91. The SMILES string of the molecule is CCCC1(C(=O)O)CCCN1C(=O)NCCC1CCCC1. The molecule has 1 heterocycles. The maximum atomic E-state index is 12.4. The number of carboxylic acid groups (broad SMARTS) is 1. The first-order valence-corrected chi connectivity index (χ1v) is 8.39. The summed E-state index contributed by atoms with van der Waals surface area (Å²) >= 11 is 0. The lowest BCUT2D eigenvalue weighted by molar-refractivity contribution is -0.148. The Morgan fingerprint density at radius 2 is 2.00 bits per heavy atom. The van der Waals surface area contributed by atoms with E-state index in [1.807, 2.05) is 6.92 Å². The molecule has 2 amide bonds. The summed E-state index contributed by atoms with van der Waals surface area (Å²) in [6, 6.07) is -0.193. The molecule has 1 aliphatic carbocycles. The number of rotatable bonds is 6. The van der Waals surface area contributed by atoms with Crippen LogP contribution in [0.1, 0.15) is 64.7 Å². The first kappa shape index (κ1) is 16.1. The van der Waals surface area contributed by atoms with Crippen LogP contribution in [0, 0.1) is 5.92 Å². The third kappa shape index (κ3) is 3.50. The summed E-state index contributed by atoms with van der Waals surface area (Å²) in [6.07, 6.45) is 8.86. The Balaban J connectivity index is 1.88. The van der Waals surface area contributed by atoms with Crippen LogP contribution < -0.4 is 5.32 Å². The molecule has 0 aromatic heterocycles. The molecule has 1 aliphatic heterocycles. The average molecular weight is 296 g/mol. The van der Waals surface area contributed by atoms with Gasteiger partial charge in [-0.3, -0.25) is 0 Å².